The van der Waals surface area contributed by atoms with E-state index in [1.165, 1.54) is 31.4 Å². The number of carboxylic acids is 1. The minimum absolute atomic E-state index is 0.144. The summed E-state index contributed by atoms with van der Waals surface area (Å²) in [7, 11) is 1.50. The Morgan fingerprint density at radius 1 is 1.16 bits per heavy atom. The van der Waals surface area contributed by atoms with E-state index in [2.05, 4.69) is 22.0 Å². The van der Waals surface area contributed by atoms with Crippen LogP contribution in [0.5, 0.6) is 11.5 Å². The van der Waals surface area contributed by atoms with Gasteiger partial charge in [-0.25, -0.2) is 9.18 Å². The van der Waals surface area contributed by atoms with Crippen molar-refractivity contribution in [2.45, 2.75) is 6.61 Å². The lowest BCUT2D eigenvalue weighted by Crippen LogP contribution is -1.99. The van der Waals surface area contributed by atoms with Crippen molar-refractivity contribution in [2.75, 3.05) is 7.11 Å². The summed E-state index contributed by atoms with van der Waals surface area (Å²) in [5.74, 6) is -0.478. The molecule has 0 aliphatic heterocycles. The summed E-state index contributed by atoms with van der Waals surface area (Å²) in [4.78, 5) is 11.0. The molecule has 3 rings (SSSR count). The van der Waals surface area contributed by atoms with Gasteiger partial charge < -0.3 is 14.6 Å². The molecule has 156 valence electrons. The average Bonchev–Trinajstić information content (AvgIpc) is 2.76. The molecule has 7 heteroatoms. The first-order chi connectivity index (χ1) is 14.9. The highest BCUT2D eigenvalue weighted by Crippen LogP contribution is 2.38. The maximum Gasteiger partial charge on any atom is 0.335 e. The zero-order valence-electron chi connectivity index (χ0n) is 16.4. The molecule has 0 amide bonds. The van der Waals surface area contributed by atoms with Crippen LogP contribution >= 0.6 is 15.9 Å². The monoisotopic (exact) mass is 481 g/mol. The van der Waals surface area contributed by atoms with Gasteiger partial charge >= 0.3 is 5.97 Å². The van der Waals surface area contributed by atoms with Crippen molar-refractivity contribution in [1.82, 2.24) is 0 Å². The first-order valence-electron chi connectivity index (χ1n) is 9.11. The third-order valence-corrected chi connectivity index (χ3v) is 4.99. The molecule has 1 N–H and O–H groups in total. The quantitative estimate of drug-likeness (QED) is 0.333. The molecule has 3 aromatic rings. The van der Waals surface area contributed by atoms with Gasteiger partial charge in [0.2, 0.25) is 0 Å². The molecule has 5 nitrogen and oxygen atoms in total. The van der Waals surface area contributed by atoms with E-state index in [9.17, 15) is 14.4 Å². The van der Waals surface area contributed by atoms with Gasteiger partial charge in [-0.1, -0.05) is 24.3 Å². The van der Waals surface area contributed by atoms with E-state index in [1.54, 1.807) is 42.5 Å². The number of allylic oxidation sites excluding steroid dienone is 1. The van der Waals surface area contributed by atoms with Crippen molar-refractivity contribution < 1.29 is 23.8 Å². The molecule has 0 saturated heterocycles. The second kappa shape index (κ2) is 9.92. The van der Waals surface area contributed by atoms with Crippen LogP contribution in [0, 0.1) is 17.1 Å². The van der Waals surface area contributed by atoms with Gasteiger partial charge in [-0.3, -0.25) is 0 Å². The number of nitrogens with zero attached hydrogens (tertiary/aromatic N) is 1. The molecule has 0 saturated carbocycles. The fraction of sp³-hybridized carbons (Fsp3) is 0.0833. The smallest absolute Gasteiger partial charge is 0.335 e. The Hall–Kier alpha value is -3.63. The molecule has 0 unspecified atom stereocenters. The molecular formula is C24H17BrFNO4. The highest BCUT2D eigenvalue weighted by Gasteiger charge is 2.13. The van der Waals surface area contributed by atoms with Crippen molar-refractivity contribution in [3.63, 3.8) is 0 Å². The molecule has 3 aromatic carbocycles. The molecule has 0 atom stereocenters. The molecule has 0 aliphatic carbocycles. The van der Waals surface area contributed by atoms with Gasteiger partial charge in [0.1, 0.15) is 12.4 Å². The topological polar surface area (TPSA) is 79.5 Å². The number of benzene rings is 3. The van der Waals surface area contributed by atoms with Gasteiger partial charge in [0.25, 0.3) is 0 Å². The van der Waals surface area contributed by atoms with E-state index in [0.717, 1.165) is 0 Å². The first kappa shape index (κ1) is 22.1. The van der Waals surface area contributed by atoms with Crippen LogP contribution in [0.25, 0.3) is 11.6 Å². The number of carboxylic acid groups (broad SMARTS) is 1. The third kappa shape index (κ3) is 5.50. The largest absolute Gasteiger partial charge is 0.493 e. The van der Waals surface area contributed by atoms with Crippen molar-refractivity contribution >= 4 is 33.5 Å². The summed E-state index contributed by atoms with van der Waals surface area (Å²) in [5, 5.41) is 18.6. The number of halogens is 2. The summed E-state index contributed by atoms with van der Waals surface area (Å²) in [5.41, 5.74) is 2.45. The van der Waals surface area contributed by atoms with Crippen molar-refractivity contribution in [2.24, 2.45) is 0 Å². The third-order valence-electron chi connectivity index (χ3n) is 4.40. The summed E-state index contributed by atoms with van der Waals surface area (Å²) >= 11 is 3.46. The lowest BCUT2D eigenvalue weighted by atomic mass is 10.0. The van der Waals surface area contributed by atoms with Crippen LogP contribution < -0.4 is 9.47 Å². The summed E-state index contributed by atoms with van der Waals surface area (Å²) in [6.45, 7) is 0.154. The first-order valence-corrected chi connectivity index (χ1v) is 9.91. The van der Waals surface area contributed by atoms with Gasteiger partial charge in [0, 0.05) is 0 Å². The summed E-state index contributed by atoms with van der Waals surface area (Å²) in [6.07, 6.45) is 1.67. The van der Waals surface area contributed by atoms with Gasteiger partial charge in [-0.05, 0) is 75.1 Å². The number of methoxy groups -OCH3 is 1. The van der Waals surface area contributed by atoms with E-state index in [4.69, 9.17) is 14.6 Å². The van der Waals surface area contributed by atoms with Gasteiger partial charge in [0.05, 0.1) is 28.8 Å². The van der Waals surface area contributed by atoms with Crippen LogP contribution in [0.15, 0.2) is 65.1 Å². The van der Waals surface area contributed by atoms with E-state index in [0.29, 0.717) is 38.2 Å². The fourth-order valence-electron chi connectivity index (χ4n) is 2.88. The molecule has 31 heavy (non-hydrogen) atoms. The molecule has 0 aliphatic rings. The number of ether oxygens (including phenoxy) is 2. The number of hydrogen-bond donors (Lipinski definition) is 1. The lowest BCUT2D eigenvalue weighted by molar-refractivity contribution is 0.0697. The van der Waals surface area contributed by atoms with Gasteiger partial charge in [0.15, 0.2) is 11.5 Å². The Bertz CT molecular complexity index is 1180. The number of rotatable bonds is 7. The molecular weight excluding hydrogens is 465 g/mol. The summed E-state index contributed by atoms with van der Waals surface area (Å²) in [6, 6.07) is 17.8. The van der Waals surface area contributed by atoms with Crippen LogP contribution in [-0.2, 0) is 6.61 Å². The van der Waals surface area contributed by atoms with Crippen molar-refractivity contribution in [1.29, 1.82) is 5.26 Å². The fourth-order valence-corrected chi connectivity index (χ4v) is 3.46. The van der Waals surface area contributed by atoms with Crippen LogP contribution in [0.2, 0.25) is 0 Å². The number of nitriles is 1. The zero-order chi connectivity index (χ0) is 22.4. The van der Waals surface area contributed by atoms with Crippen molar-refractivity contribution in [3.8, 4) is 17.6 Å². The van der Waals surface area contributed by atoms with E-state index in [-0.39, 0.29) is 18.0 Å². The molecule has 0 aromatic heterocycles. The van der Waals surface area contributed by atoms with Crippen LogP contribution in [0.4, 0.5) is 4.39 Å². The maximum atomic E-state index is 13.4. The van der Waals surface area contributed by atoms with E-state index in [1.807, 2.05) is 0 Å². The highest BCUT2D eigenvalue weighted by molar-refractivity contribution is 9.10. The minimum atomic E-state index is -1.03. The lowest BCUT2D eigenvalue weighted by Gasteiger charge is -2.14. The number of aromatic carboxylic acids is 1. The standard InChI is InChI=1S/C24H17BrFNO4/c1-30-22-12-16(9-19(13-27)17-5-7-18(8-6-17)24(28)29)11-21(25)23(22)31-14-15-3-2-4-20(26)10-15/h2-12H,14H2,1H3,(H,28,29)/b19-9+. The second-order valence-electron chi connectivity index (χ2n) is 6.51. The summed E-state index contributed by atoms with van der Waals surface area (Å²) < 4.78 is 25.2. The average molecular weight is 482 g/mol. The predicted octanol–water partition coefficient (Wildman–Crippen LogP) is 5.94. The Balaban J connectivity index is 1.88. The Labute approximate surface area is 187 Å². The van der Waals surface area contributed by atoms with Gasteiger partial charge in [-0.2, -0.15) is 5.26 Å². The normalized spacial score (nSPS) is 11.0. The minimum Gasteiger partial charge on any atom is -0.493 e. The second-order valence-corrected chi connectivity index (χ2v) is 7.36. The van der Waals surface area contributed by atoms with E-state index >= 15 is 0 Å². The maximum absolute atomic E-state index is 13.4. The molecule has 0 radical (unpaired) electrons. The van der Waals surface area contributed by atoms with Crippen LogP contribution in [0.1, 0.15) is 27.0 Å². The number of carbonyl (C=O) groups is 1. The van der Waals surface area contributed by atoms with Crippen LogP contribution in [-0.4, -0.2) is 18.2 Å². The van der Waals surface area contributed by atoms with Crippen LogP contribution in [0.3, 0.4) is 0 Å². The Morgan fingerprint density at radius 3 is 2.48 bits per heavy atom. The highest BCUT2D eigenvalue weighted by atomic mass is 79.9. The Kier molecular flexibility index (Phi) is 7.06. The molecule has 0 bridgehead atoms. The number of hydrogen-bond acceptors (Lipinski definition) is 4. The zero-order valence-corrected chi connectivity index (χ0v) is 18.0. The van der Waals surface area contributed by atoms with Crippen molar-refractivity contribution in [3.05, 3.63) is 93.2 Å². The van der Waals surface area contributed by atoms with E-state index < -0.39 is 5.97 Å². The molecule has 0 spiro atoms. The molecule has 0 fully saturated rings. The molecule has 0 heterocycles. The van der Waals surface area contributed by atoms with Gasteiger partial charge in [-0.15, -0.1) is 0 Å². The Morgan fingerprint density at radius 2 is 1.87 bits per heavy atom. The SMILES string of the molecule is COc1cc(/C=C(\C#N)c2ccc(C(=O)O)cc2)cc(Br)c1OCc1cccc(F)c1. The predicted molar refractivity (Wildman–Crippen MR) is 118 cm³/mol.